The van der Waals surface area contributed by atoms with E-state index in [9.17, 15) is 19.2 Å². The third-order valence-electron chi connectivity index (χ3n) is 5.57. The van der Waals surface area contributed by atoms with E-state index < -0.39 is 51.8 Å². The highest BCUT2D eigenvalue weighted by Crippen LogP contribution is 2.38. The molecule has 0 N–H and O–H groups in total. The Balaban J connectivity index is 3.19. The lowest BCUT2D eigenvalue weighted by molar-refractivity contribution is -0.160. The zero-order valence-corrected chi connectivity index (χ0v) is 26.1. The largest absolute Gasteiger partial charge is 0.458 e. The van der Waals surface area contributed by atoms with Gasteiger partial charge in [0.1, 0.15) is 22.8 Å². The monoisotopic (exact) mass is 556 g/mol. The molecule has 1 aliphatic heterocycles. The molecule has 1 rings (SSSR count). The van der Waals surface area contributed by atoms with Gasteiger partial charge in [0.2, 0.25) is 5.91 Å². The van der Waals surface area contributed by atoms with Crippen molar-refractivity contribution >= 4 is 35.8 Å². The van der Waals surface area contributed by atoms with Gasteiger partial charge in [0, 0.05) is 13.0 Å². The van der Waals surface area contributed by atoms with E-state index in [1.165, 1.54) is 23.6 Å². The molecule has 0 aliphatic carbocycles. The Bertz CT molecular complexity index is 896. The summed E-state index contributed by atoms with van der Waals surface area (Å²) in [7, 11) is 0. The Morgan fingerprint density at radius 3 is 1.82 bits per heavy atom. The van der Waals surface area contributed by atoms with Crippen molar-refractivity contribution in [3.8, 4) is 0 Å². The van der Waals surface area contributed by atoms with E-state index in [4.69, 9.17) is 14.2 Å². The van der Waals surface area contributed by atoms with Gasteiger partial charge in [-0.2, -0.15) is 0 Å². The van der Waals surface area contributed by atoms with E-state index in [2.05, 4.69) is 6.58 Å². The van der Waals surface area contributed by atoms with Gasteiger partial charge >= 0.3 is 18.2 Å². The van der Waals surface area contributed by atoms with Crippen molar-refractivity contribution in [2.45, 2.75) is 130 Å². The fraction of sp³-hybridized carbons (Fsp3) is 0.786. The Morgan fingerprint density at radius 1 is 0.895 bits per heavy atom. The van der Waals surface area contributed by atoms with Crippen molar-refractivity contribution in [3.63, 3.8) is 0 Å². The summed E-state index contributed by atoms with van der Waals surface area (Å²) in [5.41, 5.74) is -2.22. The lowest BCUT2D eigenvalue weighted by Crippen LogP contribution is -2.51. The van der Waals surface area contributed by atoms with E-state index in [1.54, 1.807) is 82.2 Å². The van der Waals surface area contributed by atoms with Gasteiger partial charge in [-0.15, -0.1) is 18.3 Å². The van der Waals surface area contributed by atoms with Gasteiger partial charge in [-0.05, 0) is 101 Å². The van der Waals surface area contributed by atoms with Crippen LogP contribution in [0.2, 0.25) is 0 Å². The molecule has 1 saturated heterocycles. The van der Waals surface area contributed by atoms with Crippen LogP contribution in [-0.2, 0) is 23.8 Å². The molecule has 0 aromatic heterocycles. The molecule has 0 radical (unpaired) electrons. The first-order valence-electron chi connectivity index (χ1n) is 13.0. The second kappa shape index (κ2) is 12.3. The van der Waals surface area contributed by atoms with Gasteiger partial charge in [0.25, 0.3) is 0 Å². The average Bonchev–Trinajstić information content (AvgIpc) is 3.02. The number of imide groups is 1. The first-order chi connectivity index (χ1) is 17.0. The topological polar surface area (TPSA) is 102 Å². The van der Waals surface area contributed by atoms with Gasteiger partial charge in [0.05, 0.1) is 4.87 Å². The van der Waals surface area contributed by atoms with Crippen molar-refractivity contribution in [1.82, 2.24) is 9.80 Å². The quantitative estimate of drug-likeness (QED) is 0.159. The molecule has 0 aromatic carbocycles. The molecule has 0 spiro atoms. The zero-order valence-electron chi connectivity index (χ0n) is 25.3. The molecular weight excluding hydrogens is 508 g/mol. The SMILES string of the molecule is C=C[C@@H]1C[C@H](C(=O)OC(C)(C)C)N(C(=O)OC(C)(C)C)[C@@H]1CCSC(C)(C)N(C(C)=O)C(=O)OC(C)(C)C. The molecule has 3 amide bonds. The molecular formula is C28H48N2O7S. The summed E-state index contributed by atoms with van der Waals surface area (Å²) in [5.74, 6) is -0.603. The summed E-state index contributed by atoms with van der Waals surface area (Å²) >= 11 is 1.39. The van der Waals surface area contributed by atoms with Crippen molar-refractivity contribution in [1.29, 1.82) is 0 Å². The first kappa shape index (κ1) is 33.8. The third-order valence-corrected chi connectivity index (χ3v) is 6.90. The van der Waals surface area contributed by atoms with E-state index in [0.717, 1.165) is 4.90 Å². The van der Waals surface area contributed by atoms with Crippen LogP contribution in [0.3, 0.4) is 0 Å². The highest BCUT2D eigenvalue weighted by molar-refractivity contribution is 8.00. The molecule has 9 nitrogen and oxygen atoms in total. The van der Waals surface area contributed by atoms with Crippen LogP contribution in [0.5, 0.6) is 0 Å². The summed E-state index contributed by atoms with van der Waals surface area (Å²) in [6, 6.07) is -1.19. The number of nitrogens with zero attached hydrogens (tertiary/aromatic N) is 2. The van der Waals surface area contributed by atoms with Gasteiger partial charge in [0.15, 0.2) is 0 Å². The number of esters is 1. The summed E-state index contributed by atoms with van der Waals surface area (Å²) in [5, 5.41) is 0. The molecule has 0 unspecified atom stereocenters. The van der Waals surface area contributed by atoms with Gasteiger partial charge in [-0.25, -0.2) is 19.3 Å². The van der Waals surface area contributed by atoms with E-state index in [-0.39, 0.29) is 12.0 Å². The number of rotatable bonds is 7. The minimum Gasteiger partial charge on any atom is -0.458 e. The Labute approximate surface area is 233 Å². The predicted molar refractivity (Wildman–Crippen MR) is 150 cm³/mol. The fourth-order valence-electron chi connectivity index (χ4n) is 4.26. The van der Waals surface area contributed by atoms with Gasteiger partial charge < -0.3 is 14.2 Å². The van der Waals surface area contributed by atoms with Crippen LogP contribution in [0.25, 0.3) is 0 Å². The molecule has 0 aromatic rings. The maximum atomic E-state index is 13.3. The van der Waals surface area contributed by atoms with Crippen LogP contribution in [0.1, 0.15) is 95.9 Å². The standard InChI is InChI=1S/C28H48N2O7S/c1-14-19-17-21(22(32)35-25(3,4)5)29(23(33)36-26(6,7)8)20(19)15-16-38-28(12,13)30(18(2)31)24(34)37-27(9,10)11/h14,19-21H,1,15-17H2,2-13H3/t19-,20-,21-/m1/s1. The lowest BCUT2D eigenvalue weighted by atomic mass is 9.97. The normalized spacial score (nSPS) is 20.5. The molecule has 218 valence electrons. The van der Waals surface area contributed by atoms with E-state index in [0.29, 0.717) is 18.6 Å². The van der Waals surface area contributed by atoms with Crippen molar-refractivity contribution in [2.75, 3.05) is 5.75 Å². The lowest BCUT2D eigenvalue weighted by Gasteiger charge is -2.37. The molecule has 38 heavy (non-hydrogen) atoms. The number of ether oxygens (including phenoxy) is 3. The Morgan fingerprint density at radius 2 is 1.39 bits per heavy atom. The number of hydrogen-bond donors (Lipinski definition) is 0. The number of carbonyl (C=O) groups is 4. The fourth-order valence-corrected chi connectivity index (χ4v) is 5.45. The Kier molecular flexibility index (Phi) is 10.9. The maximum absolute atomic E-state index is 13.3. The number of thioether (sulfide) groups is 1. The molecule has 0 saturated carbocycles. The van der Waals surface area contributed by atoms with E-state index >= 15 is 0 Å². The number of carbonyl (C=O) groups excluding carboxylic acids is 4. The zero-order chi connectivity index (χ0) is 29.9. The van der Waals surface area contributed by atoms with Crippen LogP contribution in [-0.4, -0.2) is 73.4 Å². The van der Waals surface area contributed by atoms with E-state index in [1.807, 2.05) is 0 Å². The van der Waals surface area contributed by atoms with Crippen molar-refractivity contribution < 1.29 is 33.4 Å². The second-order valence-corrected chi connectivity index (χ2v) is 14.8. The van der Waals surface area contributed by atoms with Gasteiger partial charge in [-0.3, -0.25) is 9.69 Å². The van der Waals surface area contributed by atoms with Gasteiger partial charge in [-0.1, -0.05) is 6.08 Å². The third kappa shape index (κ3) is 10.2. The maximum Gasteiger partial charge on any atom is 0.418 e. The second-order valence-electron chi connectivity index (χ2n) is 13.1. The minimum absolute atomic E-state index is 0.168. The molecule has 10 heteroatoms. The molecule has 1 heterocycles. The highest BCUT2D eigenvalue weighted by atomic mass is 32.2. The van der Waals surface area contributed by atoms with Crippen molar-refractivity contribution in [2.24, 2.45) is 5.92 Å². The minimum atomic E-state index is -0.919. The molecule has 3 atom stereocenters. The van der Waals surface area contributed by atoms with Crippen LogP contribution in [0.4, 0.5) is 9.59 Å². The van der Waals surface area contributed by atoms with Crippen molar-refractivity contribution in [3.05, 3.63) is 12.7 Å². The summed E-state index contributed by atoms with van der Waals surface area (Å²) in [6.07, 6.45) is 1.29. The smallest absolute Gasteiger partial charge is 0.418 e. The number of likely N-dealkylation sites (tertiary alicyclic amines) is 1. The number of amides is 3. The molecule has 1 fully saturated rings. The predicted octanol–water partition coefficient (Wildman–Crippen LogP) is 6.15. The highest BCUT2D eigenvalue weighted by Gasteiger charge is 2.49. The first-order valence-corrected chi connectivity index (χ1v) is 14.0. The summed E-state index contributed by atoms with van der Waals surface area (Å²) in [4.78, 5) is 53.4. The van der Waals surface area contributed by atoms with Crippen LogP contribution in [0.15, 0.2) is 12.7 Å². The summed E-state index contributed by atoms with van der Waals surface area (Å²) in [6.45, 7) is 24.7. The van der Waals surface area contributed by atoms with Crippen LogP contribution < -0.4 is 0 Å². The Hall–Kier alpha value is -2.23. The number of hydrogen-bond acceptors (Lipinski definition) is 8. The molecule has 0 bridgehead atoms. The average molecular weight is 557 g/mol. The summed E-state index contributed by atoms with van der Waals surface area (Å²) < 4.78 is 16.8. The van der Waals surface area contributed by atoms with Crippen LogP contribution >= 0.6 is 11.8 Å². The van der Waals surface area contributed by atoms with Crippen LogP contribution in [0, 0.1) is 5.92 Å². The molecule has 1 aliphatic rings.